The Bertz CT molecular complexity index is 490. The van der Waals surface area contributed by atoms with Crippen molar-refractivity contribution in [3.8, 4) is 0 Å². The molecule has 0 spiro atoms. The summed E-state index contributed by atoms with van der Waals surface area (Å²) in [5, 5.41) is 15.7. The minimum absolute atomic E-state index is 0.295. The molecule has 148 valence electrons. The second-order valence-corrected chi connectivity index (χ2v) is 6.93. The first-order valence-electron chi connectivity index (χ1n) is 10.2. The average molecular weight is 365 g/mol. The number of nitrogens with one attached hydrogen (secondary N) is 2. The van der Waals surface area contributed by atoms with Gasteiger partial charge in [0.1, 0.15) is 5.76 Å². The summed E-state index contributed by atoms with van der Waals surface area (Å²) >= 11 is 0. The van der Waals surface area contributed by atoms with Crippen LogP contribution in [0.2, 0.25) is 0 Å². The van der Waals surface area contributed by atoms with Gasteiger partial charge in [-0.1, -0.05) is 19.8 Å². The Labute approximate surface area is 158 Å². The summed E-state index contributed by atoms with van der Waals surface area (Å²) in [5.41, 5.74) is 0. The van der Waals surface area contributed by atoms with Crippen molar-refractivity contribution >= 4 is 5.96 Å². The average Bonchev–Trinajstić information content (AvgIpc) is 3.33. The Balaban J connectivity index is 1.76. The van der Waals surface area contributed by atoms with Gasteiger partial charge in [0.05, 0.1) is 12.8 Å². The maximum absolute atomic E-state index is 8.85. The number of hydrogen-bond donors (Lipinski definition) is 3. The third-order valence-corrected chi connectivity index (χ3v) is 4.99. The number of aliphatic imine (C=N–C) groups is 1. The normalized spacial score (nSPS) is 18.4. The molecule has 0 bridgehead atoms. The van der Waals surface area contributed by atoms with Crippen molar-refractivity contribution in [2.45, 2.75) is 57.9 Å². The molecule has 0 radical (unpaired) electrons. The third-order valence-electron chi connectivity index (χ3n) is 4.99. The van der Waals surface area contributed by atoms with Crippen LogP contribution in [0.25, 0.3) is 0 Å². The maximum Gasteiger partial charge on any atom is 0.191 e. The molecule has 26 heavy (non-hydrogen) atoms. The zero-order valence-corrected chi connectivity index (χ0v) is 16.3. The highest BCUT2D eigenvalue weighted by molar-refractivity contribution is 5.79. The van der Waals surface area contributed by atoms with Gasteiger partial charge in [0.15, 0.2) is 5.96 Å². The van der Waals surface area contributed by atoms with Gasteiger partial charge in [0.25, 0.3) is 0 Å². The Morgan fingerprint density at radius 1 is 1.27 bits per heavy atom. The molecule has 1 aliphatic heterocycles. The first kappa shape index (κ1) is 20.8. The Kier molecular flexibility index (Phi) is 10.2. The van der Waals surface area contributed by atoms with Crippen LogP contribution in [0.3, 0.4) is 0 Å². The van der Waals surface area contributed by atoms with E-state index in [0.717, 1.165) is 70.0 Å². The van der Waals surface area contributed by atoms with E-state index in [1.165, 1.54) is 19.4 Å². The van der Waals surface area contributed by atoms with Crippen LogP contribution in [-0.2, 0) is 6.42 Å². The molecule has 1 unspecified atom stereocenters. The van der Waals surface area contributed by atoms with E-state index in [9.17, 15) is 0 Å². The summed E-state index contributed by atoms with van der Waals surface area (Å²) < 4.78 is 5.39. The second-order valence-electron chi connectivity index (χ2n) is 6.93. The number of nitrogens with zero attached hydrogens (tertiary/aromatic N) is 2. The summed E-state index contributed by atoms with van der Waals surface area (Å²) in [6.45, 7) is 7.43. The van der Waals surface area contributed by atoms with E-state index in [4.69, 9.17) is 14.5 Å². The van der Waals surface area contributed by atoms with Gasteiger partial charge in [-0.25, -0.2) is 0 Å². The van der Waals surface area contributed by atoms with Crippen LogP contribution in [0.4, 0.5) is 0 Å². The number of hydrogen-bond acceptors (Lipinski definition) is 4. The first-order chi connectivity index (χ1) is 12.8. The molecule has 0 aliphatic carbocycles. The summed E-state index contributed by atoms with van der Waals surface area (Å²) in [5.74, 6) is 1.90. The molecule has 0 amide bonds. The summed E-state index contributed by atoms with van der Waals surface area (Å²) in [6, 6.07) is 4.51. The van der Waals surface area contributed by atoms with Gasteiger partial charge < -0.3 is 20.2 Å². The van der Waals surface area contributed by atoms with E-state index in [0.29, 0.717) is 12.6 Å². The highest BCUT2D eigenvalue weighted by atomic mass is 16.3. The molecular weight excluding hydrogens is 328 g/mol. The molecule has 1 atom stereocenters. The lowest BCUT2D eigenvalue weighted by atomic mass is 10.2. The lowest BCUT2D eigenvalue weighted by Crippen LogP contribution is -2.40. The van der Waals surface area contributed by atoms with E-state index >= 15 is 0 Å². The van der Waals surface area contributed by atoms with Gasteiger partial charge in [0, 0.05) is 32.2 Å². The number of furan rings is 1. The highest BCUT2D eigenvalue weighted by Crippen LogP contribution is 2.16. The van der Waals surface area contributed by atoms with E-state index in [1.807, 2.05) is 12.1 Å². The minimum atomic E-state index is 0.295. The predicted molar refractivity (Wildman–Crippen MR) is 107 cm³/mol. The van der Waals surface area contributed by atoms with Crippen molar-refractivity contribution in [3.05, 3.63) is 24.2 Å². The lowest BCUT2D eigenvalue weighted by molar-refractivity contribution is 0.273. The second kappa shape index (κ2) is 12.8. The van der Waals surface area contributed by atoms with E-state index < -0.39 is 0 Å². The van der Waals surface area contributed by atoms with Crippen molar-refractivity contribution < 1.29 is 9.52 Å². The number of aliphatic hydroxyl groups excluding tert-OH is 1. The molecular formula is C20H36N4O2. The van der Waals surface area contributed by atoms with E-state index in [2.05, 4.69) is 22.5 Å². The van der Waals surface area contributed by atoms with Crippen LogP contribution in [0.15, 0.2) is 27.8 Å². The molecule has 1 saturated heterocycles. The van der Waals surface area contributed by atoms with Gasteiger partial charge in [-0.2, -0.15) is 0 Å². The zero-order valence-electron chi connectivity index (χ0n) is 16.3. The number of likely N-dealkylation sites (tertiary alicyclic amines) is 1. The van der Waals surface area contributed by atoms with Gasteiger partial charge in [0.2, 0.25) is 0 Å². The molecule has 2 rings (SSSR count). The van der Waals surface area contributed by atoms with Crippen LogP contribution in [-0.4, -0.2) is 61.3 Å². The summed E-state index contributed by atoms with van der Waals surface area (Å²) in [7, 11) is 0. The van der Waals surface area contributed by atoms with Crippen molar-refractivity contribution in [1.29, 1.82) is 0 Å². The Hall–Kier alpha value is -1.53. The fraction of sp³-hybridized carbons (Fsp3) is 0.750. The smallest absolute Gasteiger partial charge is 0.191 e. The molecule has 6 nitrogen and oxygen atoms in total. The Morgan fingerprint density at radius 3 is 2.88 bits per heavy atom. The molecule has 3 N–H and O–H groups in total. The number of unbranched alkanes of at least 4 members (excludes halogenated alkanes) is 3. The summed E-state index contributed by atoms with van der Waals surface area (Å²) in [4.78, 5) is 7.37. The standard InChI is InChI=1S/C20H36N4O2/c1-2-24-14-7-9-18(24)17-23-20(21-12-5-3-4-6-15-25)22-13-11-19-10-8-16-26-19/h8,10,16,18,25H,2-7,9,11-15,17H2,1H3,(H2,21,22,23). The van der Waals surface area contributed by atoms with Crippen LogP contribution < -0.4 is 10.6 Å². The molecule has 2 heterocycles. The van der Waals surface area contributed by atoms with Crippen LogP contribution in [0, 0.1) is 0 Å². The maximum atomic E-state index is 8.85. The van der Waals surface area contributed by atoms with E-state index in [1.54, 1.807) is 6.26 Å². The third kappa shape index (κ3) is 7.79. The lowest BCUT2D eigenvalue weighted by Gasteiger charge is -2.21. The van der Waals surface area contributed by atoms with Crippen molar-refractivity contribution in [1.82, 2.24) is 15.5 Å². The van der Waals surface area contributed by atoms with Crippen LogP contribution in [0.5, 0.6) is 0 Å². The minimum Gasteiger partial charge on any atom is -0.469 e. The zero-order chi connectivity index (χ0) is 18.5. The number of rotatable bonds is 12. The molecule has 1 fully saturated rings. The van der Waals surface area contributed by atoms with Crippen LogP contribution in [0.1, 0.15) is 51.2 Å². The van der Waals surface area contributed by atoms with Gasteiger partial charge in [-0.05, 0) is 50.9 Å². The SMILES string of the molecule is CCN1CCCC1CN=C(NCCCCCCO)NCCc1ccco1. The monoisotopic (exact) mass is 364 g/mol. The fourth-order valence-electron chi connectivity index (χ4n) is 3.45. The molecule has 0 saturated carbocycles. The quantitative estimate of drug-likeness (QED) is 0.302. The first-order valence-corrected chi connectivity index (χ1v) is 10.2. The largest absolute Gasteiger partial charge is 0.469 e. The molecule has 1 aromatic rings. The predicted octanol–water partition coefficient (Wildman–Crippen LogP) is 2.39. The number of guanidine groups is 1. The molecule has 1 aromatic heterocycles. The van der Waals surface area contributed by atoms with Crippen molar-refractivity contribution in [2.75, 3.05) is 39.3 Å². The Morgan fingerprint density at radius 2 is 2.12 bits per heavy atom. The number of aliphatic hydroxyl groups is 1. The van der Waals surface area contributed by atoms with Crippen molar-refractivity contribution in [3.63, 3.8) is 0 Å². The van der Waals surface area contributed by atoms with Crippen molar-refractivity contribution in [2.24, 2.45) is 4.99 Å². The number of likely N-dealkylation sites (N-methyl/N-ethyl adjacent to an activating group) is 1. The highest BCUT2D eigenvalue weighted by Gasteiger charge is 2.22. The van der Waals surface area contributed by atoms with Crippen LogP contribution >= 0.6 is 0 Å². The molecule has 1 aliphatic rings. The molecule has 0 aromatic carbocycles. The molecule has 6 heteroatoms. The fourth-order valence-corrected chi connectivity index (χ4v) is 3.45. The summed E-state index contributed by atoms with van der Waals surface area (Å²) in [6.07, 6.45) is 9.33. The van der Waals surface area contributed by atoms with Gasteiger partial charge in [-0.3, -0.25) is 9.89 Å². The van der Waals surface area contributed by atoms with Gasteiger partial charge >= 0.3 is 0 Å². The van der Waals surface area contributed by atoms with E-state index in [-0.39, 0.29) is 0 Å². The topological polar surface area (TPSA) is 73.0 Å². The van der Waals surface area contributed by atoms with Gasteiger partial charge in [-0.15, -0.1) is 0 Å².